The number of nitrogens with one attached hydrogen (secondary N) is 1. The van der Waals surface area contributed by atoms with Gasteiger partial charge in [-0.2, -0.15) is 0 Å². The van der Waals surface area contributed by atoms with Gasteiger partial charge in [-0.3, -0.25) is 9.32 Å². The molecule has 3 aromatic rings. The minimum atomic E-state index is -3.49. The molecule has 4 rings (SSSR count). The number of carbonyl (C=O) groups is 1. The van der Waals surface area contributed by atoms with Crippen molar-refractivity contribution < 1.29 is 23.1 Å². The highest BCUT2D eigenvalue weighted by Gasteiger charge is 2.35. The molecule has 248 valence electrons. The topological polar surface area (TPSA) is 170 Å². The Bertz CT molecular complexity index is 1360. The molecule has 3 heterocycles. The molecule has 1 unspecified atom stereocenters. The van der Waals surface area contributed by atoms with E-state index < -0.39 is 13.6 Å². The van der Waals surface area contributed by atoms with Crippen LogP contribution in [-0.2, 0) is 31.6 Å². The molecule has 3 atom stereocenters. The van der Waals surface area contributed by atoms with Crippen LogP contribution in [0.15, 0.2) is 36.9 Å². The number of hydrogen-bond donors (Lipinski definition) is 3. The summed E-state index contributed by atoms with van der Waals surface area (Å²) in [5.41, 5.74) is 13.6. The number of carbonyl (C=O) groups excluding carboxylic acids is 1. The molecule has 0 aliphatic carbocycles. The van der Waals surface area contributed by atoms with Gasteiger partial charge in [0.05, 0.1) is 25.5 Å². The molecule has 1 aliphatic heterocycles. The predicted molar refractivity (Wildman–Crippen MR) is 176 cm³/mol. The van der Waals surface area contributed by atoms with Gasteiger partial charge < -0.3 is 30.6 Å². The SMILES string of the molecule is CCCCCCCCCCCCCCN[C@@H](Cc1ccc(OP2(=O)CO[C@@H](Cn3cnc4c(N)ncnc43)CO2)cc1)C(N)=O. The zero-order valence-electron chi connectivity index (χ0n) is 26.6. The van der Waals surface area contributed by atoms with E-state index in [1.807, 2.05) is 12.1 Å². The summed E-state index contributed by atoms with van der Waals surface area (Å²) in [5.74, 6) is 0.331. The Balaban J connectivity index is 1.12. The molecule has 1 aliphatic rings. The third-order valence-electron chi connectivity index (χ3n) is 8.13. The third-order valence-corrected chi connectivity index (χ3v) is 9.62. The number of hydrogen-bond acceptors (Lipinski definition) is 10. The van der Waals surface area contributed by atoms with E-state index in [2.05, 4.69) is 27.2 Å². The van der Waals surface area contributed by atoms with Crippen LogP contribution >= 0.6 is 7.60 Å². The number of rotatable bonds is 21. The van der Waals surface area contributed by atoms with E-state index in [0.29, 0.717) is 35.7 Å². The van der Waals surface area contributed by atoms with Crippen molar-refractivity contribution in [3.05, 3.63) is 42.5 Å². The molecule has 45 heavy (non-hydrogen) atoms. The van der Waals surface area contributed by atoms with E-state index in [-0.39, 0.29) is 25.0 Å². The first-order valence-electron chi connectivity index (χ1n) is 16.4. The van der Waals surface area contributed by atoms with Gasteiger partial charge in [0.25, 0.3) is 0 Å². The Hall–Kier alpha value is -3.05. The lowest BCUT2D eigenvalue weighted by molar-refractivity contribution is -0.120. The van der Waals surface area contributed by atoms with Gasteiger partial charge in [0.2, 0.25) is 5.91 Å². The molecular formula is C32H50N7O5P. The summed E-state index contributed by atoms with van der Waals surface area (Å²) in [7, 11) is -3.49. The number of unbranched alkanes of at least 4 members (excludes halogenated alkanes) is 11. The van der Waals surface area contributed by atoms with E-state index in [4.69, 9.17) is 25.3 Å². The number of aromatic nitrogens is 4. The Kier molecular flexibility index (Phi) is 14.1. The van der Waals surface area contributed by atoms with Crippen molar-refractivity contribution in [2.75, 3.05) is 25.2 Å². The van der Waals surface area contributed by atoms with Gasteiger partial charge in [0, 0.05) is 0 Å². The number of nitrogens with zero attached hydrogens (tertiary/aromatic N) is 4. The summed E-state index contributed by atoms with van der Waals surface area (Å²) in [5, 5.41) is 3.32. The van der Waals surface area contributed by atoms with Crippen LogP contribution in [0.5, 0.6) is 5.75 Å². The van der Waals surface area contributed by atoms with Gasteiger partial charge in [-0.1, -0.05) is 89.7 Å². The fraction of sp³-hybridized carbons (Fsp3) is 0.625. The van der Waals surface area contributed by atoms with Gasteiger partial charge in [0.15, 0.2) is 17.8 Å². The van der Waals surface area contributed by atoms with Crippen molar-refractivity contribution in [2.24, 2.45) is 5.73 Å². The summed E-state index contributed by atoms with van der Waals surface area (Å²) < 4.78 is 32.2. The van der Waals surface area contributed by atoms with E-state index in [0.717, 1.165) is 24.9 Å². The summed E-state index contributed by atoms with van der Waals surface area (Å²) in [6, 6.07) is 6.67. The predicted octanol–water partition coefficient (Wildman–Crippen LogP) is 5.74. The lowest BCUT2D eigenvalue weighted by Crippen LogP contribution is -2.43. The first-order valence-corrected chi connectivity index (χ1v) is 18.2. The molecule has 1 fully saturated rings. The maximum Gasteiger partial charge on any atom is 0.404 e. The molecule has 0 spiro atoms. The Morgan fingerprint density at radius 1 is 1.02 bits per heavy atom. The van der Waals surface area contributed by atoms with Crippen LogP contribution in [-0.4, -0.2) is 57.1 Å². The fourth-order valence-electron chi connectivity index (χ4n) is 5.49. The van der Waals surface area contributed by atoms with Gasteiger partial charge in [-0.25, -0.2) is 19.5 Å². The maximum atomic E-state index is 13.2. The van der Waals surface area contributed by atoms with Gasteiger partial charge in [-0.05, 0) is 37.1 Å². The number of nitrogen functional groups attached to an aromatic ring is 1. The highest BCUT2D eigenvalue weighted by molar-refractivity contribution is 7.54. The van der Waals surface area contributed by atoms with Crippen LogP contribution in [0.1, 0.15) is 89.5 Å². The summed E-state index contributed by atoms with van der Waals surface area (Å²) in [6.07, 6.45) is 18.4. The van der Waals surface area contributed by atoms with Crippen LogP contribution in [0, 0.1) is 0 Å². The second-order valence-corrected chi connectivity index (χ2v) is 13.8. The third kappa shape index (κ3) is 11.4. The Labute approximate surface area is 266 Å². The lowest BCUT2D eigenvalue weighted by Gasteiger charge is -2.29. The smallest absolute Gasteiger partial charge is 0.404 e. The standard InChI is InChI=1S/C32H50N7O5P/c1-2-3-4-5-6-7-8-9-10-11-12-13-18-35-28(31(34)40)19-25-14-16-26(17-15-25)44-45(41)24-42-27(21-43-45)20-39-23-38-29-30(33)36-22-37-32(29)39/h14-17,22-23,27-28,35H,2-13,18-21,24H2,1H3,(H2,34,40)(H2,33,36,37)/t27-,28-,45?/m0/s1. The van der Waals surface area contributed by atoms with Crippen molar-refractivity contribution in [1.82, 2.24) is 24.8 Å². The summed E-state index contributed by atoms with van der Waals surface area (Å²) in [4.78, 5) is 24.5. The number of fused-ring (bicyclic) bond motifs is 1. The Morgan fingerprint density at radius 3 is 2.31 bits per heavy atom. The number of ether oxygens (including phenoxy) is 1. The zero-order valence-corrected chi connectivity index (χ0v) is 27.5. The summed E-state index contributed by atoms with van der Waals surface area (Å²) >= 11 is 0. The molecule has 12 nitrogen and oxygen atoms in total. The number of anilines is 1. The van der Waals surface area contributed by atoms with Gasteiger partial charge in [0.1, 0.15) is 23.7 Å². The van der Waals surface area contributed by atoms with Crippen molar-refractivity contribution in [3.63, 3.8) is 0 Å². The number of nitrogens with two attached hydrogens (primary N) is 2. The molecule has 2 aromatic heterocycles. The number of benzene rings is 1. The quantitative estimate of drug-likeness (QED) is 0.0961. The van der Waals surface area contributed by atoms with Crippen LogP contribution in [0.25, 0.3) is 11.2 Å². The van der Waals surface area contributed by atoms with Gasteiger partial charge in [-0.15, -0.1) is 0 Å². The normalized spacial score (nSPS) is 19.1. The first-order chi connectivity index (χ1) is 21.9. The molecule has 0 radical (unpaired) electrons. The minimum Gasteiger partial charge on any atom is -0.423 e. The summed E-state index contributed by atoms with van der Waals surface area (Å²) in [6.45, 7) is 3.50. The molecule has 5 N–H and O–H groups in total. The van der Waals surface area contributed by atoms with Crippen molar-refractivity contribution in [3.8, 4) is 5.75 Å². The average Bonchev–Trinajstić information content (AvgIpc) is 3.44. The molecule has 13 heteroatoms. The van der Waals surface area contributed by atoms with Crippen LogP contribution < -0.4 is 21.3 Å². The Morgan fingerprint density at radius 2 is 1.69 bits per heavy atom. The highest BCUT2D eigenvalue weighted by atomic mass is 31.2. The van der Waals surface area contributed by atoms with E-state index >= 15 is 0 Å². The number of amides is 1. The zero-order chi connectivity index (χ0) is 31.9. The van der Waals surface area contributed by atoms with Crippen molar-refractivity contribution in [2.45, 2.75) is 109 Å². The fourth-order valence-corrected chi connectivity index (χ4v) is 6.90. The average molecular weight is 644 g/mol. The monoisotopic (exact) mass is 643 g/mol. The van der Waals surface area contributed by atoms with Crippen LogP contribution in [0.3, 0.4) is 0 Å². The largest absolute Gasteiger partial charge is 0.423 e. The van der Waals surface area contributed by atoms with E-state index in [1.54, 1.807) is 23.0 Å². The lowest BCUT2D eigenvalue weighted by atomic mass is 10.0. The maximum absolute atomic E-state index is 13.2. The van der Waals surface area contributed by atoms with Crippen molar-refractivity contribution in [1.29, 1.82) is 0 Å². The number of primary amides is 1. The van der Waals surface area contributed by atoms with Gasteiger partial charge >= 0.3 is 7.60 Å². The van der Waals surface area contributed by atoms with Crippen LogP contribution in [0.2, 0.25) is 0 Å². The molecule has 1 saturated heterocycles. The van der Waals surface area contributed by atoms with Crippen molar-refractivity contribution >= 4 is 30.5 Å². The highest BCUT2D eigenvalue weighted by Crippen LogP contribution is 2.51. The second-order valence-electron chi connectivity index (χ2n) is 11.9. The van der Waals surface area contributed by atoms with E-state index in [9.17, 15) is 9.36 Å². The molecule has 0 saturated carbocycles. The molecule has 0 bridgehead atoms. The minimum absolute atomic E-state index is 0.0841. The van der Waals surface area contributed by atoms with Crippen LogP contribution in [0.4, 0.5) is 5.82 Å². The molecule has 1 aromatic carbocycles. The van der Waals surface area contributed by atoms with E-state index in [1.165, 1.54) is 70.5 Å². The second kappa shape index (κ2) is 18.2. The number of imidazole rings is 1. The molecule has 1 amide bonds. The molecular weight excluding hydrogens is 593 g/mol. The first kappa shape index (κ1) is 34.8.